The molecule has 2 rings (SSSR count). The fraction of sp³-hybridized carbons (Fsp3) is 0.400. The number of thiocarbonyl (C=S) groups is 1. The molecular weight excluding hydrogens is 304 g/mol. The van der Waals surface area contributed by atoms with Gasteiger partial charge in [-0.05, 0) is 37.3 Å². The maximum Gasteiger partial charge on any atom is 0.316 e. The molecule has 1 aromatic carbocycles. The number of ether oxygens (including phenoxy) is 3. The molecule has 0 spiro atoms. The third-order valence-corrected chi connectivity index (χ3v) is 3.78. The molecule has 0 saturated heterocycles. The smallest absolute Gasteiger partial charge is 0.316 e. The van der Waals surface area contributed by atoms with E-state index in [2.05, 4.69) is 10.3 Å². The van der Waals surface area contributed by atoms with Crippen molar-refractivity contribution in [3.8, 4) is 11.5 Å². The third-order valence-electron chi connectivity index (χ3n) is 3.57. The van der Waals surface area contributed by atoms with Gasteiger partial charge in [0.2, 0.25) is 0 Å². The first kappa shape index (κ1) is 16.2. The average molecular weight is 322 g/mol. The Morgan fingerprint density at radius 2 is 2.00 bits per heavy atom. The molecule has 1 aromatic rings. The molecule has 6 nitrogen and oxygen atoms in total. The van der Waals surface area contributed by atoms with Gasteiger partial charge in [0.15, 0.2) is 5.11 Å². The summed E-state index contributed by atoms with van der Waals surface area (Å²) in [4.78, 5) is 16.3. The topological polar surface area (TPSA) is 69.2 Å². The highest BCUT2D eigenvalue weighted by molar-refractivity contribution is 7.80. The van der Waals surface area contributed by atoms with E-state index >= 15 is 0 Å². The van der Waals surface area contributed by atoms with Gasteiger partial charge < -0.3 is 19.5 Å². The molecule has 0 saturated carbocycles. The van der Waals surface area contributed by atoms with Gasteiger partial charge >= 0.3 is 5.97 Å². The van der Waals surface area contributed by atoms with Gasteiger partial charge in [-0.1, -0.05) is 0 Å². The van der Waals surface area contributed by atoms with Crippen LogP contribution in [0.4, 0.5) is 0 Å². The van der Waals surface area contributed by atoms with Crippen molar-refractivity contribution >= 4 is 29.0 Å². The second-order valence-corrected chi connectivity index (χ2v) is 5.18. The summed E-state index contributed by atoms with van der Waals surface area (Å²) in [5, 5.41) is 3.39. The first-order valence-electron chi connectivity index (χ1n) is 6.67. The van der Waals surface area contributed by atoms with Gasteiger partial charge in [-0.25, -0.2) is 4.99 Å². The fourth-order valence-corrected chi connectivity index (χ4v) is 2.76. The minimum Gasteiger partial charge on any atom is -0.497 e. The minimum atomic E-state index is -0.585. The van der Waals surface area contributed by atoms with E-state index in [1.807, 2.05) is 6.07 Å². The van der Waals surface area contributed by atoms with E-state index in [0.29, 0.717) is 22.3 Å². The van der Waals surface area contributed by atoms with Crippen molar-refractivity contribution in [3.63, 3.8) is 0 Å². The number of nitrogens with one attached hydrogen (secondary N) is 1. The molecule has 7 heteroatoms. The molecule has 0 aliphatic carbocycles. The minimum absolute atomic E-state index is 0.326. The fourth-order valence-electron chi connectivity index (χ4n) is 2.49. The van der Waals surface area contributed by atoms with Gasteiger partial charge in [0.05, 0.1) is 27.4 Å². The summed E-state index contributed by atoms with van der Waals surface area (Å²) < 4.78 is 15.6. The van der Waals surface area contributed by atoms with Crippen LogP contribution in [0.3, 0.4) is 0 Å². The predicted octanol–water partition coefficient (Wildman–Crippen LogP) is 1.88. The molecule has 0 fully saturated rings. The van der Waals surface area contributed by atoms with Gasteiger partial charge in [-0.3, -0.25) is 4.79 Å². The van der Waals surface area contributed by atoms with E-state index in [1.165, 1.54) is 7.11 Å². The van der Waals surface area contributed by atoms with E-state index in [-0.39, 0.29) is 5.97 Å². The monoisotopic (exact) mass is 322 g/mol. The number of hydrogen-bond donors (Lipinski definition) is 1. The third kappa shape index (κ3) is 3.04. The highest BCUT2D eigenvalue weighted by Crippen LogP contribution is 2.36. The lowest BCUT2D eigenvalue weighted by Gasteiger charge is -2.31. The summed E-state index contributed by atoms with van der Waals surface area (Å²) in [5.41, 5.74) is 1.36. The standard InChI is InChI=1S/C15H18N2O4S/c1-8-12(14(18)21-4)13(17-15(22)16-8)10-7-9(19-2)5-6-11(10)20-3/h5-7,12-13H,1-4H3,(H,17,22). The second kappa shape index (κ2) is 6.74. The number of carbonyl (C=O) groups excluding carboxylic acids is 1. The summed E-state index contributed by atoms with van der Waals surface area (Å²) in [6.07, 6.45) is 0. The van der Waals surface area contributed by atoms with Crippen LogP contribution in [0.5, 0.6) is 11.5 Å². The van der Waals surface area contributed by atoms with Crippen molar-refractivity contribution < 1.29 is 19.0 Å². The lowest BCUT2D eigenvalue weighted by atomic mass is 9.87. The van der Waals surface area contributed by atoms with Crippen LogP contribution >= 0.6 is 12.2 Å². The van der Waals surface area contributed by atoms with E-state index < -0.39 is 12.0 Å². The molecule has 1 N–H and O–H groups in total. The Kier molecular flexibility index (Phi) is 4.97. The summed E-state index contributed by atoms with van der Waals surface area (Å²) in [7, 11) is 4.50. The molecule has 1 heterocycles. The zero-order valence-corrected chi connectivity index (χ0v) is 13.7. The number of carbonyl (C=O) groups is 1. The molecule has 118 valence electrons. The maximum absolute atomic E-state index is 12.2. The predicted molar refractivity (Wildman–Crippen MR) is 86.6 cm³/mol. The molecule has 2 atom stereocenters. The molecule has 0 amide bonds. The van der Waals surface area contributed by atoms with E-state index in [0.717, 1.165) is 5.56 Å². The van der Waals surface area contributed by atoms with Crippen LogP contribution in [0.25, 0.3) is 0 Å². The molecular formula is C15H18N2O4S. The maximum atomic E-state index is 12.2. The molecule has 2 unspecified atom stereocenters. The SMILES string of the molecule is COC(=O)C1C(C)=NC(=S)NC1c1cc(OC)ccc1OC. The van der Waals surface area contributed by atoms with Crippen LogP contribution < -0.4 is 14.8 Å². The Bertz CT molecular complexity index is 630. The molecule has 0 radical (unpaired) electrons. The van der Waals surface area contributed by atoms with Gasteiger partial charge in [0.25, 0.3) is 0 Å². The molecule has 0 aromatic heterocycles. The van der Waals surface area contributed by atoms with Gasteiger partial charge in [0.1, 0.15) is 17.4 Å². The highest BCUT2D eigenvalue weighted by atomic mass is 32.1. The number of rotatable bonds is 4. The zero-order chi connectivity index (χ0) is 16.3. The lowest BCUT2D eigenvalue weighted by molar-refractivity contribution is -0.143. The average Bonchev–Trinajstić information content (AvgIpc) is 2.52. The Morgan fingerprint density at radius 3 is 2.59 bits per heavy atom. The number of aliphatic imine (C=N–C) groups is 1. The summed E-state index contributed by atoms with van der Waals surface area (Å²) in [6, 6.07) is 4.96. The first-order chi connectivity index (χ1) is 10.5. The number of esters is 1. The van der Waals surface area contributed by atoms with Crippen LogP contribution in [-0.4, -0.2) is 38.1 Å². The number of nitrogens with zero attached hydrogens (tertiary/aromatic N) is 1. The Morgan fingerprint density at radius 1 is 1.27 bits per heavy atom. The molecule has 1 aliphatic heterocycles. The molecule has 22 heavy (non-hydrogen) atoms. The van der Waals surface area contributed by atoms with Crippen molar-refractivity contribution in [2.24, 2.45) is 10.9 Å². The van der Waals surface area contributed by atoms with Crippen LogP contribution in [0.15, 0.2) is 23.2 Å². The first-order valence-corrected chi connectivity index (χ1v) is 7.08. The van der Waals surface area contributed by atoms with E-state index in [4.69, 9.17) is 26.4 Å². The van der Waals surface area contributed by atoms with Crippen LogP contribution in [0.1, 0.15) is 18.5 Å². The lowest BCUT2D eigenvalue weighted by Crippen LogP contribution is -2.44. The van der Waals surface area contributed by atoms with E-state index in [9.17, 15) is 4.79 Å². The number of hydrogen-bond acceptors (Lipinski definition) is 5. The quantitative estimate of drug-likeness (QED) is 0.674. The van der Waals surface area contributed by atoms with Gasteiger partial charge in [-0.2, -0.15) is 0 Å². The zero-order valence-electron chi connectivity index (χ0n) is 12.9. The Labute approximate surface area is 134 Å². The normalized spacial score (nSPS) is 20.7. The van der Waals surface area contributed by atoms with E-state index in [1.54, 1.807) is 33.3 Å². The van der Waals surface area contributed by atoms with Crippen LogP contribution in [0, 0.1) is 5.92 Å². The second-order valence-electron chi connectivity index (χ2n) is 4.79. The Balaban J connectivity index is 2.54. The van der Waals surface area contributed by atoms with Crippen molar-refractivity contribution in [2.75, 3.05) is 21.3 Å². The molecule has 0 bridgehead atoms. The van der Waals surface area contributed by atoms with Gasteiger partial charge in [0, 0.05) is 11.3 Å². The highest BCUT2D eigenvalue weighted by Gasteiger charge is 2.38. The number of benzene rings is 1. The summed E-state index contributed by atoms with van der Waals surface area (Å²) in [6.45, 7) is 1.76. The van der Waals surface area contributed by atoms with Gasteiger partial charge in [-0.15, -0.1) is 0 Å². The van der Waals surface area contributed by atoms with Crippen molar-refractivity contribution in [1.29, 1.82) is 0 Å². The van der Waals surface area contributed by atoms with Crippen molar-refractivity contribution in [1.82, 2.24) is 5.32 Å². The van der Waals surface area contributed by atoms with Crippen molar-refractivity contribution in [3.05, 3.63) is 23.8 Å². The largest absolute Gasteiger partial charge is 0.497 e. The number of methoxy groups -OCH3 is 3. The molecule has 1 aliphatic rings. The van der Waals surface area contributed by atoms with Crippen LogP contribution in [0.2, 0.25) is 0 Å². The Hall–Kier alpha value is -2.15. The summed E-state index contributed by atoms with van der Waals surface area (Å²) >= 11 is 5.15. The van der Waals surface area contributed by atoms with Crippen molar-refractivity contribution in [2.45, 2.75) is 13.0 Å². The summed E-state index contributed by atoms with van der Waals surface area (Å²) in [5.74, 6) is 0.320. The van der Waals surface area contributed by atoms with Crippen LogP contribution in [-0.2, 0) is 9.53 Å².